The molecule has 0 aromatic heterocycles. The number of amides is 2. The van der Waals surface area contributed by atoms with Crippen molar-refractivity contribution >= 4 is 17.7 Å². The van der Waals surface area contributed by atoms with Crippen LogP contribution in [0.3, 0.4) is 0 Å². The average Bonchev–Trinajstić information content (AvgIpc) is 2.93. The molecule has 3 rings (SSSR count). The summed E-state index contributed by atoms with van der Waals surface area (Å²) in [6.07, 6.45) is -0.276. The van der Waals surface area contributed by atoms with Crippen LogP contribution in [0, 0.1) is 17.8 Å². The van der Waals surface area contributed by atoms with Gasteiger partial charge in [0.15, 0.2) is 0 Å². The number of nitrogens with zero attached hydrogens (tertiary/aromatic N) is 1. The molecule has 1 N–H and O–H groups in total. The minimum Gasteiger partial charge on any atom is -0.444 e. The highest BCUT2D eigenvalue weighted by Crippen LogP contribution is 2.52. The van der Waals surface area contributed by atoms with Crippen LogP contribution in [0.5, 0.6) is 0 Å². The Kier molecular flexibility index (Phi) is 3.59. The maximum Gasteiger partial charge on any atom is 0.410 e. The Morgan fingerprint density at radius 2 is 1.73 bits per heavy atom. The van der Waals surface area contributed by atoms with E-state index in [1.54, 1.807) is 4.90 Å². The van der Waals surface area contributed by atoms with Crippen molar-refractivity contribution in [1.29, 1.82) is 0 Å². The second-order valence-electron chi connectivity index (χ2n) is 7.09. The Morgan fingerprint density at radius 1 is 1.14 bits per heavy atom. The van der Waals surface area contributed by atoms with Gasteiger partial charge in [0, 0.05) is 24.7 Å². The number of piperidine rings is 1. The van der Waals surface area contributed by atoms with Crippen LogP contribution in [0.1, 0.15) is 20.8 Å². The predicted octanol–water partition coefficient (Wildman–Crippen LogP) is 2.74. The summed E-state index contributed by atoms with van der Waals surface area (Å²) in [4.78, 5) is 26.0. The highest BCUT2D eigenvalue weighted by Gasteiger charge is 2.60. The lowest BCUT2D eigenvalue weighted by Crippen LogP contribution is -2.38. The van der Waals surface area contributed by atoms with Gasteiger partial charge >= 0.3 is 6.09 Å². The first kappa shape index (κ1) is 14.9. The number of para-hydroxylation sites is 1. The van der Waals surface area contributed by atoms with E-state index < -0.39 is 5.60 Å². The molecular weight excluding hydrogens is 280 g/mol. The van der Waals surface area contributed by atoms with Crippen molar-refractivity contribution in [3.05, 3.63) is 30.3 Å². The number of benzene rings is 1. The van der Waals surface area contributed by atoms with Crippen molar-refractivity contribution in [1.82, 2.24) is 4.90 Å². The SMILES string of the molecule is CC(C)(C)OC(=O)N1C[C@@H]2C(C(=O)Nc3ccccc3)[C@@H]2C1. The van der Waals surface area contributed by atoms with Gasteiger partial charge in [0.1, 0.15) is 5.60 Å². The summed E-state index contributed by atoms with van der Waals surface area (Å²) in [5.41, 5.74) is 0.343. The number of nitrogens with one attached hydrogen (secondary N) is 1. The number of ether oxygens (including phenoxy) is 1. The highest BCUT2D eigenvalue weighted by atomic mass is 16.6. The number of hydrogen-bond acceptors (Lipinski definition) is 3. The van der Waals surface area contributed by atoms with E-state index in [0.29, 0.717) is 13.1 Å². The maximum absolute atomic E-state index is 12.2. The van der Waals surface area contributed by atoms with Crippen molar-refractivity contribution < 1.29 is 14.3 Å². The molecule has 1 heterocycles. The molecule has 0 spiro atoms. The van der Waals surface area contributed by atoms with Crippen LogP contribution in [-0.4, -0.2) is 35.6 Å². The van der Waals surface area contributed by atoms with Crippen LogP contribution < -0.4 is 5.32 Å². The molecule has 1 aromatic carbocycles. The summed E-state index contributed by atoms with van der Waals surface area (Å²) in [6.45, 7) is 6.81. The minimum absolute atomic E-state index is 0.0268. The fourth-order valence-corrected chi connectivity index (χ4v) is 3.14. The molecule has 1 saturated carbocycles. The third-order valence-corrected chi connectivity index (χ3v) is 4.19. The zero-order valence-corrected chi connectivity index (χ0v) is 13.2. The minimum atomic E-state index is -0.478. The molecule has 118 valence electrons. The summed E-state index contributed by atoms with van der Waals surface area (Å²) >= 11 is 0. The predicted molar refractivity (Wildman–Crippen MR) is 83.3 cm³/mol. The quantitative estimate of drug-likeness (QED) is 0.914. The normalized spacial score (nSPS) is 26.3. The fraction of sp³-hybridized carbons (Fsp3) is 0.529. The molecule has 5 heteroatoms. The van der Waals surface area contributed by atoms with E-state index in [1.165, 1.54) is 0 Å². The van der Waals surface area contributed by atoms with Gasteiger partial charge in [0.05, 0.1) is 0 Å². The van der Waals surface area contributed by atoms with Crippen LogP contribution in [0.25, 0.3) is 0 Å². The number of carbonyl (C=O) groups excluding carboxylic acids is 2. The van der Waals surface area contributed by atoms with Gasteiger partial charge in [0.25, 0.3) is 0 Å². The first-order chi connectivity index (χ1) is 10.3. The van der Waals surface area contributed by atoms with Gasteiger partial charge in [-0.25, -0.2) is 4.79 Å². The summed E-state index contributed by atoms with van der Waals surface area (Å²) in [7, 11) is 0. The molecule has 0 radical (unpaired) electrons. The molecule has 0 bridgehead atoms. The molecule has 1 unspecified atom stereocenters. The summed E-state index contributed by atoms with van der Waals surface area (Å²) in [5, 5.41) is 2.94. The molecule has 2 amide bonds. The van der Waals surface area contributed by atoms with Gasteiger partial charge in [-0.15, -0.1) is 0 Å². The van der Waals surface area contributed by atoms with E-state index in [-0.39, 0.29) is 29.8 Å². The standard InChI is InChI=1S/C17H22N2O3/c1-17(2,3)22-16(21)19-9-12-13(10-19)14(12)15(20)18-11-7-5-4-6-8-11/h4-8,12-14H,9-10H2,1-3H3,(H,18,20)/t12-,13+,14?. The van der Waals surface area contributed by atoms with E-state index in [4.69, 9.17) is 4.74 Å². The molecule has 1 aliphatic heterocycles. The highest BCUT2D eigenvalue weighted by molar-refractivity contribution is 5.95. The van der Waals surface area contributed by atoms with E-state index >= 15 is 0 Å². The Bertz CT molecular complexity index is 567. The second-order valence-corrected chi connectivity index (χ2v) is 7.09. The van der Waals surface area contributed by atoms with Gasteiger partial charge in [-0.1, -0.05) is 18.2 Å². The Morgan fingerprint density at radius 3 is 2.27 bits per heavy atom. The lowest BCUT2D eigenvalue weighted by molar-refractivity contribution is -0.118. The average molecular weight is 302 g/mol. The van der Waals surface area contributed by atoms with E-state index in [2.05, 4.69) is 5.32 Å². The van der Waals surface area contributed by atoms with Crippen LogP contribution in [0.2, 0.25) is 0 Å². The Labute approximate surface area is 130 Å². The van der Waals surface area contributed by atoms with Gasteiger partial charge in [-0.3, -0.25) is 4.79 Å². The van der Waals surface area contributed by atoms with Crippen LogP contribution in [-0.2, 0) is 9.53 Å². The topological polar surface area (TPSA) is 58.6 Å². The van der Waals surface area contributed by atoms with Gasteiger partial charge < -0.3 is 15.0 Å². The lowest BCUT2D eigenvalue weighted by Gasteiger charge is -2.25. The fourth-order valence-electron chi connectivity index (χ4n) is 3.14. The molecule has 5 nitrogen and oxygen atoms in total. The van der Waals surface area contributed by atoms with E-state index in [0.717, 1.165) is 5.69 Å². The Hall–Kier alpha value is -2.04. The molecule has 1 aliphatic carbocycles. The number of fused-ring (bicyclic) bond motifs is 1. The van der Waals surface area contributed by atoms with Crippen molar-refractivity contribution in [3.8, 4) is 0 Å². The first-order valence-corrected chi connectivity index (χ1v) is 7.69. The zero-order valence-electron chi connectivity index (χ0n) is 13.2. The molecule has 22 heavy (non-hydrogen) atoms. The van der Waals surface area contributed by atoms with E-state index in [9.17, 15) is 9.59 Å². The van der Waals surface area contributed by atoms with E-state index in [1.807, 2.05) is 51.1 Å². The largest absolute Gasteiger partial charge is 0.444 e. The zero-order chi connectivity index (χ0) is 15.9. The monoisotopic (exact) mass is 302 g/mol. The van der Waals surface area contributed by atoms with Crippen LogP contribution >= 0.6 is 0 Å². The van der Waals surface area contributed by atoms with Crippen molar-refractivity contribution in [2.45, 2.75) is 26.4 Å². The lowest BCUT2D eigenvalue weighted by atomic mass is 10.2. The van der Waals surface area contributed by atoms with Crippen LogP contribution in [0.4, 0.5) is 10.5 Å². The summed E-state index contributed by atoms with van der Waals surface area (Å²) in [6, 6.07) is 9.47. The number of carbonyl (C=O) groups is 2. The van der Waals surface area contributed by atoms with Crippen molar-refractivity contribution in [2.75, 3.05) is 18.4 Å². The number of likely N-dealkylation sites (tertiary alicyclic amines) is 1. The molecule has 3 atom stereocenters. The third kappa shape index (κ3) is 3.08. The number of rotatable bonds is 2. The molecule has 1 aromatic rings. The first-order valence-electron chi connectivity index (χ1n) is 7.69. The Balaban J connectivity index is 1.50. The number of anilines is 1. The molecule has 1 saturated heterocycles. The molecule has 2 fully saturated rings. The third-order valence-electron chi connectivity index (χ3n) is 4.19. The molecular formula is C17H22N2O3. The smallest absolute Gasteiger partial charge is 0.410 e. The van der Waals surface area contributed by atoms with Crippen molar-refractivity contribution in [3.63, 3.8) is 0 Å². The van der Waals surface area contributed by atoms with Gasteiger partial charge in [-0.05, 0) is 44.7 Å². The second kappa shape index (κ2) is 5.30. The summed E-state index contributed by atoms with van der Waals surface area (Å²) in [5.74, 6) is 0.636. The number of hydrogen-bond donors (Lipinski definition) is 1. The summed E-state index contributed by atoms with van der Waals surface area (Å²) < 4.78 is 5.37. The van der Waals surface area contributed by atoms with Gasteiger partial charge in [0.2, 0.25) is 5.91 Å². The van der Waals surface area contributed by atoms with Crippen LogP contribution in [0.15, 0.2) is 30.3 Å². The van der Waals surface area contributed by atoms with Crippen molar-refractivity contribution in [2.24, 2.45) is 17.8 Å². The molecule has 2 aliphatic rings. The van der Waals surface area contributed by atoms with Gasteiger partial charge in [-0.2, -0.15) is 0 Å². The maximum atomic E-state index is 12.2.